The number of rotatable bonds is 9. The van der Waals surface area contributed by atoms with Crippen LogP contribution in [0.5, 0.6) is 5.75 Å². The third kappa shape index (κ3) is 5.89. The Morgan fingerprint density at radius 2 is 1.86 bits per heavy atom. The summed E-state index contributed by atoms with van der Waals surface area (Å²) in [4.78, 5) is 16.8. The van der Waals surface area contributed by atoms with Crippen molar-refractivity contribution in [3.8, 4) is 5.75 Å². The van der Waals surface area contributed by atoms with Gasteiger partial charge < -0.3 is 9.64 Å². The summed E-state index contributed by atoms with van der Waals surface area (Å²) in [5.74, 6) is 0.439. The Morgan fingerprint density at radius 3 is 2.54 bits per heavy atom. The topological polar surface area (TPSA) is 66.9 Å². The quantitative estimate of drug-likeness (QED) is 0.374. The molecule has 0 saturated carbocycles. The summed E-state index contributed by atoms with van der Waals surface area (Å²) in [6.07, 6.45) is 1.35. The van der Waals surface area contributed by atoms with E-state index in [9.17, 15) is 13.2 Å². The van der Waals surface area contributed by atoms with Crippen molar-refractivity contribution in [3.63, 3.8) is 0 Å². The van der Waals surface area contributed by atoms with Gasteiger partial charge in [-0.25, -0.2) is 8.42 Å². The first-order valence-electron chi connectivity index (χ1n) is 11.6. The van der Waals surface area contributed by atoms with Crippen molar-refractivity contribution < 1.29 is 17.9 Å². The normalized spacial score (nSPS) is 15.8. The van der Waals surface area contributed by atoms with Crippen LogP contribution in [0.15, 0.2) is 64.9 Å². The molecule has 186 valence electrons. The minimum atomic E-state index is -3.80. The van der Waals surface area contributed by atoms with Gasteiger partial charge in [0.15, 0.2) is 0 Å². The van der Waals surface area contributed by atoms with Crippen molar-refractivity contribution in [2.45, 2.75) is 37.6 Å². The molecule has 0 bridgehead atoms. The Bertz CT molecular complexity index is 1260. The van der Waals surface area contributed by atoms with Crippen LogP contribution >= 0.6 is 22.9 Å². The summed E-state index contributed by atoms with van der Waals surface area (Å²) < 4.78 is 34.0. The lowest BCUT2D eigenvalue weighted by atomic mass is 10.0. The molecule has 0 unspecified atom stereocenters. The van der Waals surface area contributed by atoms with Crippen molar-refractivity contribution in [1.29, 1.82) is 0 Å². The number of hydrogen-bond acceptors (Lipinski definition) is 5. The van der Waals surface area contributed by atoms with E-state index in [1.165, 1.54) is 9.18 Å². The van der Waals surface area contributed by atoms with E-state index in [-0.39, 0.29) is 36.5 Å². The molecule has 0 saturated heterocycles. The van der Waals surface area contributed by atoms with E-state index in [0.717, 1.165) is 17.5 Å². The highest BCUT2D eigenvalue weighted by Gasteiger charge is 2.35. The maximum absolute atomic E-state index is 13.6. The predicted octanol–water partition coefficient (Wildman–Crippen LogP) is 5.32. The number of fused-ring (bicyclic) bond motifs is 1. The first-order chi connectivity index (χ1) is 16.8. The molecule has 2 heterocycles. The third-order valence-electron chi connectivity index (χ3n) is 6.08. The number of thiophene rings is 1. The largest absolute Gasteiger partial charge is 0.491 e. The van der Waals surface area contributed by atoms with Crippen LogP contribution < -0.4 is 4.74 Å². The number of halogens is 1. The molecular formula is C26H29ClN2O4S2. The lowest BCUT2D eigenvalue weighted by Gasteiger charge is -2.37. The van der Waals surface area contributed by atoms with Crippen LogP contribution in [0, 0.1) is 6.92 Å². The van der Waals surface area contributed by atoms with Gasteiger partial charge in [0.25, 0.3) is 0 Å². The molecule has 0 aliphatic carbocycles. The van der Waals surface area contributed by atoms with E-state index >= 15 is 0 Å². The number of hydrogen-bond donors (Lipinski definition) is 0. The van der Waals surface area contributed by atoms with Crippen LogP contribution in [0.25, 0.3) is 0 Å². The molecule has 1 aliphatic rings. The number of ether oxygens (including phenoxy) is 1. The van der Waals surface area contributed by atoms with Crippen LogP contribution in [-0.2, 0) is 21.2 Å². The minimum Gasteiger partial charge on any atom is -0.491 e. The number of sulfonamides is 1. The molecule has 1 aromatic heterocycles. The van der Waals surface area contributed by atoms with Crippen LogP contribution in [0.4, 0.5) is 0 Å². The molecule has 6 nitrogen and oxygen atoms in total. The predicted molar refractivity (Wildman–Crippen MR) is 140 cm³/mol. The molecule has 4 rings (SSSR count). The molecule has 0 spiro atoms. The Balaban J connectivity index is 1.55. The van der Waals surface area contributed by atoms with E-state index < -0.39 is 10.0 Å². The number of amides is 1. The molecule has 0 N–H and O–H groups in total. The van der Waals surface area contributed by atoms with Gasteiger partial charge in [0.05, 0.1) is 17.5 Å². The zero-order chi connectivity index (χ0) is 25.0. The first kappa shape index (κ1) is 25.7. The van der Waals surface area contributed by atoms with Gasteiger partial charge in [-0.1, -0.05) is 36.2 Å². The van der Waals surface area contributed by atoms with E-state index in [0.29, 0.717) is 23.7 Å². The highest BCUT2D eigenvalue weighted by atomic mass is 35.5. The lowest BCUT2D eigenvalue weighted by Crippen LogP contribution is -2.48. The monoisotopic (exact) mass is 532 g/mol. The van der Waals surface area contributed by atoms with Gasteiger partial charge in [-0.2, -0.15) is 4.31 Å². The Hall–Kier alpha value is -2.39. The van der Waals surface area contributed by atoms with E-state index in [4.69, 9.17) is 16.3 Å². The Kier molecular flexibility index (Phi) is 8.16. The van der Waals surface area contributed by atoms with Gasteiger partial charge in [0.1, 0.15) is 12.4 Å². The fraction of sp³-hybridized carbons (Fsp3) is 0.346. The first-order valence-corrected chi connectivity index (χ1v) is 14.3. The van der Waals surface area contributed by atoms with Gasteiger partial charge in [-0.15, -0.1) is 11.3 Å². The lowest BCUT2D eigenvalue weighted by molar-refractivity contribution is -0.135. The Morgan fingerprint density at radius 1 is 1.14 bits per heavy atom. The molecule has 9 heteroatoms. The van der Waals surface area contributed by atoms with Crippen LogP contribution in [0.2, 0.25) is 5.02 Å². The van der Waals surface area contributed by atoms with Crippen molar-refractivity contribution in [3.05, 3.63) is 81.0 Å². The molecule has 1 aliphatic heterocycles. The minimum absolute atomic E-state index is 0.200. The molecule has 35 heavy (non-hydrogen) atoms. The SMILES string of the molecule is CCCN(CC(=O)N1CCc2sccc2[C@H]1COc1ccc(Cl)cc1)S(=O)(=O)c1ccc(C)cc1. The standard InChI is InChI=1S/C26H29ClN2O4S2/c1-3-14-28(35(31,32)22-10-4-19(2)5-11-22)17-26(30)29-15-12-25-23(13-16-34-25)24(29)18-33-21-8-6-20(27)7-9-21/h4-11,13,16,24H,3,12,14-15,17-18H2,1-2H3/t24-/m1/s1. The molecule has 0 fully saturated rings. The summed E-state index contributed by atoms with van der Waals surface area (Å²) in [5, 5.41) is 2.65. The second-order valence-electron chi connectivity index (χ2n) is 8.57. The zero-order valence-corrected chi connectivity index (χ0v) is 22.2. The van der Waals surface area contributed by atoms with Gasteiger partial charge in [-0.3, -0.25) is 4.79 Å². The number of carbonyl (C=O) groups is 1. The van der Waals surface area contributed by atoms with E-state index in [2.05, 4.69) is 0 Å². The van der Waals surface area contributed by atoms with Crippen molar-refractivity contribution in [1.82, 2.24) is 9.21 Å². The van der Waals surface area contributed by atoms with Gasteiger partial charge in [-0.05, 0) is 73.2 Å². The maximum Gasteiger partial charge on any atom is 0.243 e. The second kappa shape index (κ2) is 11.1. The summed E-state index contributed by atoms with van der Waals surface area (Å²) in [6.45, 7) is 4.67. The summed E-state index contributed by atoms with van der Waals surface area (Å²) in [7, 11) is -3.80. The maximum atomic E-state index is 13.6. The average molecular weight is 533 g/mol. The average Bonchev–Trinajstić information content (AvgIpc) is 3.32. The second-order valence-corrected chi connectivity index (χ2v) is 11.9. The van der Waals surface area contributed by atoms with Crippen molar-refractivity contribution in [2.24, 2.45) is 0 Å². The zero-order valence-electron chi connectivity index (χ0n) is 19.8. The fourth-order valence-electron chi connectivity index (χ4n) is 4.22. The molecule has 0 radical (unpaired) electrons. The number of nitrogens with zero attached hydrogens (tertiary/aromatic N) is 2. The summed E-state index contributed by atoms with van der Waals surface area (Å²) in [5.41, 5.74) is 2.04. The molecule has 3 aromatic rings. The van der Waals surface area contributed by atoms with Gasteiger partial charge in [0, 0.05) is 23.0 Å². The third-order valence-corrected chi connectivity index (χ3v) is 9.19. The fourth-order valence-corrected chi connectivity index (χ4v) is 6.75. The van der Waals surface area contributed by atoms with Crippen molar-refractivity contribution in [2.75, 3.05) is 26.2 Å². The van der Waals surface area contributed by atoms with Crippen LogP contribution in [-0.4, -0.2) is 49.8 Å². The van der Waals surface area contributed by atoms with Crippen LogP contribution in [0.1, 0.15) is 35.4 Å². The highest BCUT2D eigenvalue weighted by Crippen LogP contribution is 2.34. The highest BCUT2D eigenvalue weighted by molar-refractivity contribution is 7.89. The summed E-state index contributed by atoms with van der Waals surface area (Å²) in [6, 6.07) is 15.6. The van der Waals surface area contributed by atoms with Gasteiger partial charge >= 0.3 is 0 Å². The van der Waals surface area contributed by atoms with E-state index in [1.807, 2.05) is 25.3 Å². The van der Waals surface area contributed by atoms with Crippen molar-refractivity contribution >= 4 is 38.9 Å². The molecular weight excluding hydrogens is 504 g/mol. The molecule has 2 aromatic carbocycles. The van der Waals surface area contributed by atoms with Crippen LogP contribution in [0.3, 0.4) is 0 Å². The smallest absolute Gasteiger partial charge is 0.243 e. The Labute approximate surface area is 216 Å². The molecule has 1 amide bonds. The van der Waals surface area contributed by atoms with E-state index in [1.54, 1.807) is 64.8 Å². The number of benzene rings is 2. The number of aryl methyl sites for hydroxylation is 1. The molecule has 1 atom stereocenters. The van der Waals surface area contributed by atoms with Gasteiger partial charge in [0.2, 0.25) is 15.9 Å². The summed E-state index contributed by atoms with van der Waals surface area (Å²) >= 11 is 7.65. The number of carbonyl (C=O) groups excluding carboxylic acids is 1.